The molecule has 0 bridgehead atoms. The lowest BCUT2D eigenvalue weighted by Gasteiger charge is -2.37. The summed E-state index contributed by atoms with van der Waals surface area (Å²) >= 11 is 0. The van der Waals surface area contributed by atoms with Crippen LogP contribution < -0.4 is 5.73 Å². The SMILES string of the molecule is CCC1CCN(S(=O)(=O)c2cn(CC)c(C)n2)C(CN)C1. The summed E-state index contributed by atoms with van der Waals surface area (Å²) in [6, 6.07) is -0.110. The minimum absolute atomic E-state index is 0.110. The van der Waals surface area contributed by atoms with Crippen LogP contribution in [0.15, 0.2) is 11.2 Å². The molecule has 21 heavy (non-hydrogen) atoms. The fourth-order valence-electron chi connectivity index (χ4n) is 3.06. The minimum Gasteiger partial charge on any atom is -0.334 e. The van der Waals surface area contributed by atoms with Crippen LogP contribution >= 0.6 is 0 Å². The molecule has 120 valence electrons. The van der Waals surface area contributed by atoms with E-state index in [1.807, 2.05) is 18.4 Å². The maximum atomic E-state index is 12.8. The second-order valence-corrected chi connectivity index (χ2v) is 7.55. The average Bonchev–Trinajstić information content (AvgIpc) is 2.88. The molecule has 1 aliphatic rings. The maximum absolute atomic E-state index is 12.8. The molecule has 0 amide bonds. The summed E-state index contributed by atoms with van der Waals surface area (Å²) in [5, 5.41) is 0.148. The minimum atomic E-state index is -3.55. The van der Waals surface area contributed by atoms with Gasteiger partial charge in [-0.2, -0.15) is 4.31 Å². The zero-order valence-corrected chi connectivity index (χ0v) is 13.9. The van der Waals surface area contributed by atoms with Gasteiger partial charge in [-0.1, -0.05) is 13.3 Å². The monoisotopic (exact) mass is 314 g/mol. The van der Waals surface area contributed by atoms with Gasteiger partial charge in [0, 0.05) is 31.9 Å². The number of aryl methyl sites for hydroxylation is 2. The Bertz CT molecular complexity index is 582. The molecule has 2 heterocycles. The van der Waals surface area contributed by atoms with Crippen molar-refractivity contribution in [2.45, 2.75) is 57.6 Å². The molecule has 7 heteroatoms. The molecular weight excluding hydrogens is 288 g/mol. The number of piperidine rings is 1. The summed E-state index contributed by atoms with van der Waals surface area (Å²) in [6.07, 6.45) is 4.46. The highest BCUT2D eigenvalue weighted by Crippen LogP contribution is 2.29. The van der Waals surface area contributed by atoms with Crippen LogP contribution in [0.3, 0.4) is 0 Å². The normalized spacial score (nSPS) is 24.4. The third-order valence-electron chi connectivity index (χ3n) is 4.49. The molecule has 2 atom stereocenters. The van der Waals surface area contributed by atoms with Crippen molar-refractivity contribution in [3.05, 3.63) is 12.0 Å². The van der Waals surface area contributed by atoms with Gasteiger partial charge in [0.15, 0.2) is 5.03 Å². The Hall–Kier alpha value is -0.920. The van der Waals surface area contributed by atoms with Crippen molar-refractivity contribution in [1.82, 2.24) is 13.9 Å². The maximum Gasteiger partial charge on any atom is 0.262 e. The predicted octanol–water partition coefficient (Wildman–Crippen LogP) is 1.35. The lowest BCUT2D eigenvalue weighted by atomic mass is 9.90. The van der Waals surface area contributed by atoms with Gasteiger partial charge in [-0.25, -0.2) is 13.4 Å². The third-order valence-corrected chi connectivity index (χ3v) is 6.31. The van der Waals surface area contributed by atoms with Crippen LogP contribution in [0.25, 0.3) is 0 Å². The molecule has 2 rings (SSSR count). The number of imidazole rings is 1. The molecule has 1 saturated heterocycles. The molecule has 1 aliphatic heterocycles. The van der Waals surface area contributed by atoms with Crippen LogP contribution in [-0.2, 0) is 16.6 Å². The Kier molecular flexibility index (Phi) is 5.06. The van der Waals surface area contributed by atoms with Crippen LogP contribution in [-0.4, -0.2) is 41.4 Å². The molecule has 0 aromatic carbocycles. The lowest BCUT2D eigenvalue weighted by Crippen LogP contribution is -2.49. The number of nitrogens with zero attached hydrogens (tertiary/aromatic N) is 3. The van der Waals surface area contributed by atoms with Gasteiger partial charge in [0.05, 0.1) is 0 Å². The van der Waals surface area contributed by atoms with E-state index in [2.05, 4.69) is 11.9 Å². The van der Waals surface area contributed by atoms with Gasteiger partial charge in [-0.05, 0) is 32.6 Å². The summed E-state index contributed by atoms with van der Waals surface area (Å²) in [5.41, 5.74) is 5.81. The van der Waals surface area contributed by atoms with Gasteiger partial charge in [-0.15, -0.1) is 0 Å². The van der Waals surface area contributed by atoms with E-state index in [4.69, 9.17) is 5.73 Å². The van der Waals surface area contributed by atoms with Gasteiger partial charge >= 0.3 is 0 Å². The standard InChI is InChI=1S/C14H26N4O2S/c1-4-12-6-7-18(13(8-12)9-15)21(19,20)14-10-17(5-2)11(3)16-14/h10,12-13H,4-9,15H2,1-3H3. The van der Waals surface area contributed by atoms with Crippen molar-refractivity contribution >= 4 is 10.0 Å². The summed E-state index contributed by atoms with van der Waals surface area (Å²) in [5.74, 6) is 1.30. The molecule has 6 nitrogen and oxygen atoms in total. The third kappa shape index (κ3) is 3.14. The summed E-state index contributed by atoms with van der Waals surface area (Å²) in [4.78, 5) is 4.23. The Morgan fingerprint density at radius 3 is 2.67 bits per heavy atom. The van der Waals surface area contributed by atoms with Crippen molar-refractivity contribution in [2.75, 3.05) is 13.1 Å². The van der Waals surface area contributed by atoms with E-state index >= 15 is 0 Å². The molecule has 0 aliphatic carbocycles. The Morgan fingerprint density at radius 2 is 2.14 bits per heavy atom. The second kappa shape index (κ2) is 6.46. The number of hydrogen-bond acceptors (Lipinski definition) is 4. The highest BCUT2D eigenvalue weighted by Gasteiger charge is 2.37. The Balaban J connectivity index is 2.29. The largest absolute Gasteiger partial charge is 0.334 e. The van der Waals surface area contributed by atoms with E-state index in [1.54, 1.807) is 10.5 Å². The van der Waals surface area contributed by atoms with Crippen LogP contribution in [0.5, 0.6) is 0 Å². The van der Waals surface area contributed by atoms with E-state index in [0.717, 1.165) is 25.1 Å². The van der Waals surface area contributed by atoms with Crippen molar-refractivity contribution in [1.29, 1.82) is 0 Å². The van der Waals surface area contributed by atoms with Crippen LogP contribution in [0, 0.1) is 12.8 Å². The van der Waals surface area contributed by atoms with Crippen LogP contribution in [0.4, 0.5) is 0 Å². The number of nitrogens with two attached hydrogens (primary N) is 1. The first-order chi connectivity index (χ1) is 9.93. The van der Waals surface area contributed by atoms with Crippen LogP contribution in [0.1, 0.15) is 38.9 Å². The van der Waals surface area contributed by atoms with Crippen molar-refractivity contribution in [3.8, 4) is 0 Å². The smallest absolute Gasteiger partial charge is 0.262 e. The fourth-order valence-corrected chi connectivity index (χ4v) is 4.72. The topological polar surface area (TPSA) is 81.2 Å². The zero-order chi connectivity index (χ0) is 15.6. The van der Waals surface area contributed by atoms with Gasteiger partial charge in [-0.3, -0.25) is 0 Å². The van der Waals surface area contributed by atoms with Crippen molar-refractivity contribution in [3.63, 3.8) is 0 Å². The number of hydrogen-bond donors (Lipinski definition) is 1. The first-order valence-electron chi connectivity index (χ1n) is 7.69. The Labute approximate surface area is 127 Å². The van der Waals surface area contributed by atoms with Gasteiger partial charge in [0.1, 0.15) is 5.82 Å². The molecule has 1 aromatic heterocycles. The zero-order valence-electron chi connectivity index (χ0n) is 13.1. The van der Waals surface area contributed by atoms with Gasteiger partial charge < -0.3 is 10.3 Å². The molecule has 1 aromatic rings. The first-order valence-corrected chi connectivity index (χ1v) is 9.13. The highest BCUT2D eigenvalue weighted by molar-refractivity contribution is 7.89. The molecule has 1 fully saturated rings. The second-order valence-electron chi connectivity index (χ2n) is 5.72. The average molecular weight is 314 g/mol. The van der Waals surface area contributed by atoms with E-state index in [-0.39, 0.29) is 11.1 Å². The van der Waals surface area contributed by atoms with E-state index < -0.39 is 10.0 Å². The molecule has 0 spiro atoms. The number of sulfonamides is 1. The summed E-state index contributed by atoms with van der Waals surface area (Å²) in [6.45, 7) is 7.57. The Morgan fingerprint density at radius 1 is 1.43 bits per heavy atom. The molecule has 2 N–H and O–H groups in total. The molecular formula is C14H26N4O2S. The van der Waals surface area contributed by atoms with Crippen LogP contribution in [0.2, 0.25) is 0 Å². The lowest BCUT2D eigenvalue weighted by molar-refractivity contribution is 0.197. The summed E-state index contributed by atoms with van der Waals surface area (Å²) in [7, 11) is -3.55. The highest BCUT2D eigenvalue weighted by atomic mass is 32.2. The molecule has 0 saturated carbocycles. The fraction of sp³-hybridized carbons (Fsp3) is 0.786. The first kappa shape index (κ1) is 16.5. The molecule has 0 radical (unpaired) electrons. The number of rotatable bonds is 5. The van der Waals surface area contributed by atoms with Crippen molar-refractivity contribution < 1.29 is 8.42 Å². The van der Waals surface area contributed by atoms with E-state index in [1.165, 1.54) is 0 Å². The van der Waals surface area contributed by atoms with Crippen molar-refractivity contribution in [2.24, 2.45) is 11.7 Å². The van der Waals surface area contributed by atoms with E-state index in [9.17, 15) is 8.42 Å². The molecule has 2 unspecified atom stereocenters. The van der Waals surface area contributed by atoms with E-state index in [0.29, 0.717) is 25.6 Å². The van der Waals surface area contributed by atoms with Gasteiger partial charge in [0.2, 0.25) is 0 Å². The predicted molar refractivity (Wildman–Crippen MR) is 82.4 cm³/mol. The number of aromatic nitrogens is 2. The quantitative estimate of drug-likeness (QED) is 0.889. The summed E-state index contributed by atoms with van der Waals surface area (Å²) < 4.78 is 29.1. The van der Waals surface area contributed by atoms with Gasteiger partial charge in [0.25, 0.3) is 10.0 Å².